The van der Waals surface area contributed by atoms with Crippen molar-refractivity contribution in [3.05, 3.63) is 40.8 Å². The third-order valence-corrected chi connectivity index (χ3v) is 3.74. The summed E-state index contributed by atoms with van der Waals surface area (Å²) in [6, 6.07) is 8.84. The molecule has 1 aliphatic rings. The molecule has 0 atom stereocenters. The molecule has 1 aromatic heterocycles. The Balaban J connectivity index is 1.70. The van der Waals surface area contributed by atoms with Crippen LogP contribution in [0.2, 0.25) is 0 Å². The summed E-state index contributed by atoms with van der Waals surface area (Å²) in [5.41, 5.74) is 0.0563. The molecule has 1 fully saturated rings. The quantitative estimate of drug-likeness (QED) is 0.796. The molecule has 1 aliphatic carbocycles. The maximum atomic E-state index is 12.3. The number of hydrogen-bond acceptors (Lipinski definition) is 4. The molecular weight excluding hydrogens is 282 g/mol. The van der Waals surface area contributed by atoms with Crippen molar-refractivity contribution in [1.29, 1.82) is 0 Å². The fraction of sp³-hybridized carbons (Fsp3) is 0.412. The Bertz CT molecular complexity index is 744. The van der Waals surface area contributed by atoms with Gasteiger partial charge in [0.15, 0.2) is 6.61 Å². The zero-order valence-corrected chi connectivity index (χ0v) is 12.7. The zero-order chi connectivity index (χ0) is 15.7. The normalized spacial score (nSPS) is 14.3. The van der Waals surface area contributed by atoms with Gasteiger partial charge in [-0.1, -0.05) is 0 Å². The first-order valence-corrected chi connectivity index (χ1v) is 7.52. The van der Waals surface area contributed by atoms with E-state index in [0.29, 0.717) is 17.4 Å². The average Bonchev–Trinajstić information content (AvgIpc) is 3.29. The minimum absolute atomic E-state index is 0.00273. The number of nitrogens with zero attached hydrogens (tertiary/aromatic N) is 1. The minimum Gasteiger partial charge on any atom is -0.484 e. The number of carbonyl (C=O) groups is 1. The summed E-state index contributed by atoms with van der Waals surface area (Å²) in [5, 5.41) is 0.820. The number of benzene rings is 1. The average molecular weight is 301 g/mol. The molecule has 116 valence electrons. The molecule has 1 saturated carbocycles. The number of amides is 1. The second kappa shape index (κ2) is 5.83. The molecule has 3 rings (SSSR count). The van der Waals surface area contributed by atoms with Crippen LogP contribution in [0.15, 0.2) is 39.5 Å². The van der Waals surface area contributed by atoms with E-state index in [9.17, 15) is 9.59 Å². The van der Waals surface area contributed by atoms with E-state index in [2.05, 4.69) is 0 Å². The number of carbonyl (C=O) groups excluding carboxylic acids is 1. The molecule has 0 spiro atoms. The number of fused-ring (bicyclic) bond motifs is 1. The van der Waals surface area contributed by atoms with Gasteiger partial charge in [0.25, 0.3) is 5.91 Å². The second-order valence-electron chi connectivity index (χ2n) is 5.87. The van der Waals surface area contributed by atoms with Crippen LogP contribution in [0.3, 0.4) is 0 Å². The van der Waals surface area contributed by atoms with E-state index < -0.39 is 5.63 Å². The Morgan fingerprint density at radius 1 is 1.32 bits per heavy atom. The lowest BCUT2D eigenvalue weighted by atomic mass is 10.2. The monoisotopic (exact) mass is 301 g/mol. The third-order valence-electron chi connectivity index (χ3n) is 3.74. The van der Waals surface area contributed by atoms with Gasteiger partial charge in [-0.05, 0) is 44.9 Å². The molecule has 22 heavy (non-hydrogen) atoms. The standard InChI is InChI=1S/C17H19NO4/c1-11(2)18(13-5-6-13)16(19)10-21-14-7-3-12-4-8-17(20)22-15(12)9-14/h3-4,7-9,11,13H,5-6,10H2,1-2H3. The van der Waals surface area contributed by atoms with E-state index >= 15 is 0 Å². The van der Waals surface area contributed by atoms with Gasteiger partial charge in [0.05, 0.1) is 0 Å². The molecule has 1 amide bonds. The van der Waals surface area contributed by atoms with Crippen molar-refractivity contribution in [3.63, 3.8) is 0 Å². The summed E-state index contributed by atoms with van der Waals surface area (Å²) < 4.78 is 10.7. The molecule has 0 aliphatic heterocycles. The second-order valence-corrected chi connectivity index (χ2v) is 5.87. The van der Waals surface area contributed by atoms with Crippen LogP contribution in [0.1, 0.15) is 26.7 Å². The smallest absolute Gasteiger partial charge is 0.336 e. The van der Waals surface area contributed by atoms with Crippen molar-refractivity contribution in [2.45, 2.75) is 38.8 Å². The van der Waals surface area contributed by atoms with E-state index in [-0.39, 0.29) is 18.6 Å². The maximum Gasteiger partial charge on any atom is 0.336 e. The third kappa shape index (κ3) is 3.13. The topological polar surface area (TPSA) is 59.8 Å². The van der Waals surface area contributed by atoms with Gasteiger partial charge in [0.1, 0.15) is 11.3 Å². The summed E-state index contributed by atoms with van der Waals surface area (Å²) in [4.78, 5) is 25.4. The van der Waals surface area contributed by atoms with Crippen molar-refractivity contribution in [2.24, 2.45) is 0 Å². The van der Waals surface area contributed by atoms with Gasteiger partial charge < -0.3 is 14.1 Å². The number of rotatable bonds is 5. The fourth-order valence-corrected chi connectivity index (χ4v) is 2.62. The molecule has 1 aromatic carbocycles. The van der Waals surface area contributed by atoms with Crippen molar-refractivity contribution in [2.75, 3.05) is 6.61 Å². The van der Waals surface area contributed by atoms with Crippen LogP contribution in [0.5, 0.6) is 5.75 Å². The Hall–Kier alpha value is -2.30. The van der Waals surface area contributed by atoms with E-state index in [1.165, 1.54) is 6.07 Å². The molecule has 1 heterocycles. The summed E-state index contributed by atoms with van der Waals surface area (Å²) in [6.07, 6.45) is 2.15. The highest BCUT2D eigenvalue weighted by Crippen LogP contribution is 2.29. The molecule has 0 N–H and O–H groups in total. The van der Waals surface area contributed by atoms with Gasteiger partial charge in [-0.2, -0.15) is 0 Å². The van der Waals surface area contributed by atoms with Crippen LogP contribution in [-0.4, -0.2) is 29.5 Å². The largest absolute Gasteiger partial charge is 0.484 e. The van der Waals surface area contributed by atoms with Crippen molar-refractivity contribution < 1.29 is 13.9 Å². The van der Waals surface area contributed by atoms with Gasteiger partial charge in [-0.25, -0.2) is 4.79 Å². The molecule has 5 heteroatoms. The summed E-state index contributed by atoms with van der Waals surface area (Å²) in [7, 11) is 0. The van der Waals surface area contributed by atoms with Gasteiger partial charge >= 0.3 is 5.63 Å². The minimum atomic E-state index is -0.402. The Kier molecular flexibility index (Phi) is 3.88. The van der Waals surface area contributed by atoms with Gasteiger partial charge in [0.2, 0.25) is 0 Å². The van der Waals surface area contributed by atoms with E-state index in [0.717, 1.165) is 18.2 Å². The summed E-state index contributed by atoms with van der Waals surface area (Å²) in [5.74, 6) is 0.516. The molecule has 0 bridgehead atoms. The highest BCUT2D eigenvalue weighted by Gasteiger charge is 2.34. The molecule has 2 aromatic rings. The molecular formula is C17H19NO4. The fourth-order valence-electron chi connectivity index (χ4n) is 2.62. The van der Waals surface area contributed by atoms with E-state index in [1.807, 2.05) is 18.7 Å². The number of hydrogen-bond donors (Lipinski definition) is 0. The Labute approximate surface area is 128 Å². The van der Waals surface area contributed by atoms with Gasteiger partial charge in [-0.15, -0.1) is 0 Å². The molecule has 5 nitrogen and oxygen atoms in total. The zero-order valence-electron chi connectivity index (χ0n) is 12.7. The van der Waals surface area contributed by atoms with Crippen LogP contribution in [-0.2, 0) is 4.79 Å². The lowest BCUT2D eigenvalue weighted by Gasteiger charge is -2.26. The van der Waals surface area contributed by atoms with Crippen LogP contribution in [0, 0.1) is 0 Å². The first kappa shape index (κ1) is 14.6. The first-order chi connectivity index (χ1) is 10.5. The highest BCUT2D eigenvalue weighted by molar-refractivity contribution is 5.80. The highest BCUT2D eigenvalue weighted by atomic mass is 16.5. The van der Waals surface area contributed by atoms with Crippen LogP contribution >= 0.6 is 0 Å². The SMILES string of the molecule is CC(C)N(C(=O)COc1ccc2ccc(=O)oc2c1)C1CC1. The van der Waals surface area contributed by atoms with Crippen LogP contribution < -0.4 is 10.4 Å². The number of ether oxygens (including phenoxy) is 1. The van der Waals surface area contributed by atoms with Crippen LogP contribution in [0.4, 0.5) is 0 Å². The predicted molar refractivity (Wildman–Crippen MR) is 83.0 cm³/mol. The predicted octanol–water partition coefficient (Wildman–Crippen LogP) is 2.57. The molecule has 0 saturated heterocycles. The summed E-state index contributed by atoms with van der Waals surface area (Å²) in [6.45, 7) is 4.03. The lowest BCUT2D eigenvalue weighted by Crippen LogP contribution is -2.41. The first-order valence-electron chi connectivity index (χ1n) is 7.52. The molecule has 0 radical (unpaired) electrons. The van der Waals surface area contributed by atoms with Gasteiger partial charge in [0, 0.05) is 29.6 Å². The Morgan fingerprint density at radius 3 is 2.73 bits per heavy atom. The summed E-state index contributed by atoms with van der Waals surface area (Å²) >= 11 is 0. The van der Waals surface area contributed by atoms with E-state index in [1.54, 1.807) is 24.3 Å². The Morgan fingerprint density at radius 2 is 2.05 bits per heavy atom. The maximum absolute atomic E-state index is 12.3. The van der Waals surface area contributed by atoms with Crippen LogP contribution in [0.25, 0.3) is 11.0 Å². The van der Waals surface area contributed by atoms with Crippen molar-refractivity contribution in [3.8, 4) is 5.75 Å². The van der Waals surface area contributed by atoms with Gasteiger partial charge in [-0.3, -0.25) is 4.79 Å². The van der Waals surface area contributed by atoms with Crippen molar-refractivity contribution >= 4 is 16.9 Å². The van der Waals surface area contributed by atoms with E-state index in [4.69, 9.17) is 9.15 Å². The van der Waals surface area contributed by atoms with Crippen molar-refractivity contribution in [1.82, 2.24) is 4.90 Å². The molecule has 0 unspecified atom stereocenters. The lowest BCUT2D eigenvalue weighted by molar-refractivity contribution is -0.135.